The number of rotatable bonds is 3. The minimum atomic E-state index is -0.156. The Bertz CT molecular complexity index is 546. The Labute approximate surface area is 111 Å². The summed E-state index contributed by atoms with van der Waals surface area (Å²) in [5.74, 6) is -0.156. The van der Waals surface area contributed by atoms with Crippen molar-refractivity contribution in [2.45, 2.75) is 0 Å². The Morgan fingerprint density at radius 3 is 2.33 bits per heavy atom. The lowest BCUT2D eigenvalue weighted by Gasteiger charge is -2.00. The molecule has 0 aromatic heterocycles. The van der Waals surface area contributed by atoms with Crippen molar-refractivity contribution < 1.29 is 4.79 Å². The lowest BCUT2D eigenvalue weighted by Crippen LogP contribution is -2.07. The summed E-state index contributed by atoms with van der Waals surface area (Å²) in [6, 6.07) is 16.6. The molecule has 2 nitrogen and oxygen atoms in total. The van der Waals surface area contributed by atoms with Crippen molar-refractivity contribution in [2.75, 3.05) is 5.32 Å². The molecular weight excluding hydrogens is 246 g/mol. The largest absolute Gasteiger partial charge is 0.323 e. The Balaban J connectivity index is 1.97. The van der Waals surface area contributed by atoms with Crippen molar-refractivity contribution in [3.05, 3.63) is 71.3 Å². The van der Waals surface area contributed by atoms with Gasteiger partial charge in [-0.2, -0.15) is 0 Å². The number of hydrogen-bond acceptors (Lipinski definition) is 1. The van der Waals surface area contributed by atoms with Gasteiger partial charge in [-0.15, -0.1) is 0 Å². The molecule has 2 aromatic rings. The number of carbonyl (C=O) groups excluding carboxylic acids is 1. The molecule has 0 fully saturated rings. The van der Waals surface area contributed by atoms with Crippen LogP contribution in [-0.2, 0) is 4.79 Å². The molecule has 0 saturated heterocycles. The van der Waals surface area contributed by atoms with Crippen LogP contribution in [0.15, 0.2) is 60.7 Å². The summed E-state index contributed by atoms with van der Waals surface area (Å²) in [6.07, 6.45) is 3.24. The van der Waals surface area contributed by atoms with E-state index in [1.165, 1.54) is 6.08 Å². The van der Waals surface area contributed by atoms with Gasteiger partial charge in [0.1, 0.15) is 0 Å². The summed E-state index contributed by atoms with van der Waals surface area (Å²) in [5.41, 5.74) is 1.71. The molecule has 0 radical (unpaired) electrons. The number of benzene rings is 2. The van der Waals surface area contributed by atoms with E-state index in [1.54, 1.807) is 18.2 Å². The predicted octanol–water partition coefficient (Wildman–Crippen LogP) is 3.99. The maximum atomic E-state index is 11.6. The second-order valence-electron chi connectivity index (χ2n) is 3.74. The molecule has 0 spiro atoms. The van der Waals surface area contributed by atoms with Gasteiger partial charge in [0.15, 0.2) is 0 Å². The van der Waals surface area contributed by atoms with Gasteiger partial charge in [-0.25, -0.2) is 0 Å². The summed E-state index contributed by atoms with van der Waals surface area (Å²) < 4.78 is 0. The highest BCUT2D eigenvalue weighted by Gasteiger charge is 1.96. The second-order valence-corrected chi connectivity index (χ2v) is 4.18. The van der Waals surface area contributed by atoms with E-state index in [0.29, 0.717) is 5.02 Å². The summed E-state index contributed by atoms with van der Waals surface area (Å²) in [7, 11) is 0. The van der Waals surface area contributed by atoms with Gasteiger partial charge >= 0.3 is 0 Å². The van der Waals surface area contributed by atoms with Gasteiger partial charge in [-0.05, 0) is 35.9 Å². The third kappa shape index (κ3) is 3.75. The molecule has 0 saturated carbocycles. The van der Waals surface area contributed by atoms with Gasteiger partial charge in [0.25, 0.3) is 0 Å². The maximum Gasteiger partial charge on any atom is 0.248 e. The fourth-order valence-corrected chi connectivity index (χ4v) is 1.58. The number of anilines is 1. The van der Waals surface area contributed by atoms with Crippen molar-refractivity contribution in [1.82, 2.24) is 0 Å². The van der Waals surface area contributed by atoms with E-state index in [-0.39, 0.29) is 5.91 Å². The Hall–Kier alpha value is -2.06. The summed E-state index contributed by atoms with van der Waals surface area (Å²) in [5, 5.41) is 3.45. The molecule has 0 bridgehead atoms. The zero-order valence-electron chi connectivity index (χ0n) is 9.64. The zero-order chi connectivity index (χ0) is 12.8. The van der Waals surface area contributed by atoms with Crippen molar-refractivity contribution in [3.8, 4) is 0 Å². The minimum absolute atomic E-state index is 0.156. The van der Waals surface area contributed by atoms with Crippen molar-refractivity contribution >= 4 is 29.3 Å². The summed E-state index contributed by atoms with van der Waals surface area (Å²) in [4.78, 5) is 11.6. The van der Waals surface area contributed by atoms with Crippen LogP contribution < -0.4 is 5.32 Å². The van der Waals surface area contributed by atoms with E-state index >= 15 is 0 Å². The van der Waals surface area contributed by atoms with E-state index in [9.17, 15) is 4.79 Å². The van der Waals surface area contributed by atoms with Crippen LogP contribution in [0, 0.1) is 0 Å². The molecule has 3 heteroatoms. The van der Waals surface area contributed by atoms with Gasteiger partial charge in [0, 0.05) is 16.8 Å². The van der Waals surface area contributed by atoms with Gasteiger partial charge in [-0.3, -0.25) is 4.79 Å². The van der Waals surface area contributed by atoms with E-state index in [2.05, 4.69) is 5.32 Å². The molecule has 1 amide bonds. The average Bonchev–Trinajstić information content (AvgIpc) is 2.39. The van der Waals surface area contributed by atoms with Gasteiger partial charge < -0.3 is 5.32 Å². The monoisotopic (exact) mass is 257 g/mol. The fourth-order valence-electron chi connectivity index (χ4n) is 1.45. The predicted molar refractivity (Wildman–Crippen MR) is 75.6 cm³/mol. The minimum Gasteiger partial charge on any atom is -0.323 e. The lowest BCUT2D eigenvalue weighted by molar-refractivity contribution is -0.111. The zero-order valence-corrected chi connectivity index (χ0v) is 10.4. The van der Waals surface area contributed by atoms with Gasteiger partial charge in [0.05, 0.1) is 0 Å². The highest BCUT2D eigenvalue weighted by molar-refractivity contribution is 6.30. The molecule has 2 rings (SSSR count). The van der Waals surface area contributed by atoms with E-state index < -0.39 is 0 Å². The third-order valence-corrected chi connectivity index (χ3v) is 2.59. The first kappa shape index (κ1) is 12.4. The Kier molecular flexibility index (Phi) is 4.15. The van der Waals surface area contributed by atoms with Crippen LogP contribution in [0.5, 0.6) is 0 Å². The van der Waals surface area contributed by atoms with Crippen LogP contribution in [0.1, 0.15) is 5.56 Å². The highest BCUT2D eigenvalue weighted by Crippen LogP contribution is 2.11. The Morgan fingerprint density at radius 1 is 1.00 bits per heavy atom. The van der Waals surface area contributed by atoms with E-state index in [0.717, 1.165) is 11.3 Å². The molecule has 0 atom stereocenters. The van der Waals surface area contributed by atoms with Crippen LogP contribution in [0.25, 0.3) is 6.08 Å². The van der Waals surface area contributed by atoms with Crippen molar-refractivity contribution in [1.29, 1.82) is 0 Å². The van der Waals surface area contributed by atoms with Crippen LogP contribution in [-0.4, -0.2) is 5.91 Å². The molecule has 90 valence electrons. The number of para-hydroxylation sites is 1. The smallest absolute Gasteiger partial charge is 0.248 e. The molecule has 2 aromatic carbocycles. The highest BCUT2D eigenvalue weighted by atomic mass is 35.5. The van der Waals surface area contributed by atoms with E-state index in [4.69, 9.17) is 11.6 Å². The lowest BCUT2D eigenvalue weighted by atomic mass is 10.2. The molecule has 18 heavy (non-hydrogen) atoms. The van der Waals surface area contributed by atoms with Crippen LogP contribution >= 0.6 is 11.6 Å². The summed E-state index contributed by atoms with van der Waals surface area (Å²) in [6.45, 7) is 0. The number of amides is 1. The first-order valence-corrected chi connectivity index (χ1v) is 5.91. The first-order chi connectivity index (χ1) is 8.74. The molecule has 0 aliphatic heterocycles. The normalized spacial score (nSPS) is 10.5. The molecule has 0 aliphatic carbocycles. The third-order valence-electron chi connectivity index (χ3n) is 2.34. The van der Waals surface area contributed by atoms with E-state index in [1.807, 2.05) is 42.5 Å². The Morgan fingerprint density at radius 2 is 1.67 bits per heavy atom. The van der Waals surface area contributed by atoms with Crippen LogP contribution in [0.3, 0.4) is 0 Å². The standard InChI is InChI=1S/C15H12ClNO/c16-13-9-6-12(7-10-13)8-11-15(18)17-14-4-2-1-3-5-14/h1-11H,(H,17,18)/b11-8+. The number of halogens is 1. The number of nitrogens with one attached hydrogen (secondary N) is 1. The molecular formula is C15H12ClNO. The summed E-state index contributed by atoms with van der Waals surface area (Å²) >= 11 is 5.78. The maximum absolute atomic E-state index is 11.6. The quantitative estimate of drug-likeness (QED) is 0.828. The molecule has 0 heterocycles. The fraction of sp³-hybridized carbons (Fsp3) is 0. The molecule has 0 aliphatic rings. The van der Waals surface area contributed by atoms with Gasteiger partial charge in [-0.1, -0.05) is 41.9 Å². The van der Waals surface area contributed by atoms with Crippen LogP contribution in [0.4, 0.5) is 5.69 Å². The van der Waals surface area contributed by atoms with Gasteiger partial charge in [0.2, 0.25) is 5.91 Å². The topological polar surface area (TPSA) is 29.1 Å². The SMILES string of the molecule is O=C(/C=C/c1ccc(Cl)cc1)Nc1ccccc1. The van der Waals surface area contributed by atoms with Crippen LogP contribution in [0.2, 0.25) is 5.02 Å². The number of hydrogen-bond donors (Lipinski definition) is 1. The molecule has 0 unspecified atom stereocenters. The first-order valence-electron chi connectivity index (χ1n) is 5.54. The second kappa shape index (κ2) is 6.03. The molecule has 1 N–H and O–H groups in total. The average molecular weight is 258 g/mol. The number of carbonyl (C=O) groups is 1. The van der Waals surface area contributed by atoms with Crippen molar-refractivity contribution in [3.63, 3.8) is 0 Å². The van der Waals surface area contributed by atoms with Crippen molar-refractivity contribution in [2.24, 2.45) is 0 Å².